The number of hydrogen-bond acceptors (Lipinski definition) is 2. The molecule has 13 heavy (non-hydrogen) atoms. The second-order valence-electron chi connectivity index (χ2n) is 4.04. The highest BCUT2D eigenvalue weighted by atomic mass is 16.2. The predicted octanol–water partition coefficient (Wildman–Crippen LogP) is 1.13. The van der Waals surface area contributed by atoms with E-state index < -0.39 is 5.54 Å². The van der Waals surface area contributed by atoms with E-state index in [1.165, 1.54) is 6.42 Å². The van der Waals surface area contributed by atoms with Crippen LogP contribution in [0.2, 0.25) is 0 Å². The number of carbonyl (C=O) groups excluding carboxylic acids is 1. The summed E-state index contributed by atoms with van der Waals surface area (Å²) < 4.78 is 0. The normalized spacial score (nSPS) is 21.2. The molecule has 1 saturated carbocycles. The molecule has 0 aromatic heterocycles. The summed E-state index contributed by atoms with van der Waals surface area (Å²) in [6.07, 6.45) is 5.13. The lowest BCUT2D eigenvalue weighted by atomic mass is 9.81. The van der Waals surface area contributed by atoms with Gasteiger partial charge in [0.1, 0.15) is 0 Å². The van der Waals surface area contributed by atoms with E-state index in [-0.39, 0.29) is 5.91 Å². The van der Waals surface area contributed by atoms with Gasteiger partial charge in [-0.05, 0) is 19.8 Å². The molecule has 0 aromatic carbocycles. The number of hydrogen-bond donors (Lipinski definition) is 1. The first-order valence-corrected chi connectivity index (χ1v) is 5.14. The average Bonchev–Trinajstić information content (AvgIpc) is 2.16. The topological polar surface area (TPSA) is 46.3 Å². The maximum Gasteiger partial charge on any atom is 0.242 e. The molecule has 0 unspecified atom stereocenters. The summed E-state index contributed by atoms with van der Waals surface area (Å²) in [7, 11) is 1.82. The van der Waals surface area contributed by atoms with Gasteiger partial charge in [-0.1, -0.05) is 19.3 Å². The predicted molar refractivity (Wildman–Crippen MR) is 53.3 cm³/mol. The third kappa shape index (κ3) is 2.21. The minimum atomic E-state index is -0.553. The van der Waals surface area contributed by atoms with Crippen molar-refractivity contribution in [2.24, 2.45) is 5.73 Å². The largest absolute Gasteiger partial charge is 0.344 e. The van der Waals surface area contributed by atoms with Crippen molar-refractivity contribution >= 4 is 5.91 Å². The van der Waals surface area contributed by atoms with Gasteiger partial charge in [0.25, 0.3) is 0 Å². The summed E-state index contributed by atoms with van der Waals surface area (Å²) in [5.74, 6) is 0.120. The molecule has 76 valence electrons. The zero-order valence-corrected chi connectivity index (χ0v) is 8.68. The van der Waals surface area contributed by atoms with E-state index >= 15 is 0 Å². The quantitative estimate of drug-likeness (QED) is 0.699. The highest BCUT2D eigenvalue weighted by molar-refractivity contribution is 5.86. The van der Waals surface area contributed by atoms with E-state index in [1.54, 1.807) is 4.90 Å². The molecule has 0 atom stereocenters. The van der Waals surface area contributed by atoms with Crippen molar-refractivity contribution in [3.05, 3.63) is 0 Å². The molecule has 1 amide bonds. The van der Waals surface area contributed by atoms with E-state index in [0.717, 1.165) is 32.2 Å². The van der Waals surface area contributed by atoms with Gasteiger partial charge in [0.05, 0.1) is 5.54 Å². The van der Waals surface area contributed by atoms with Gasteiger partial charge in [0.2, 0.25) is 5.91 Å². The van der Waals surface area contributed by atoms with Gasteiger partial charge in [-0.3, -0.25) is 4.79 Å². The van der Waals surface area contributed by atoms with Crippen LogP contribution in [0.15, 0.2) is 0 Å². The second kappa shape index (κ2) is 4.09. The SMILES string of the molecule is CCN(C)C(=O)C1(N)CCCCC1. The molecular formula is C10H20N2O. The Bertz CT molecular complexity index is 185. The summed E-state index contributed by atoms with van der Waals surface area (Å²) in [5, 5.41) is 0. The van der Waals surface area contributed by atoms with Gasteiger partial charge in [-0.2, -0.15) is 0 Å². The Hall–Kier alpha value is -0.570. The number of amides is 1. The Morgan fingerprint density at radius 1 is 1.38 bits per heavy atom. The van der Waals surface area contributed by atoms with Crippen molar-refractivity contribution < 1.29 is 4.79 Å². The van der Waals surface area contributed by atoms with Gasteiger partial charge in [-0.15, -0.1) is 0 Å². The van der Waals surface area contributed by atoms with E-state index in [1.807, 2.05) is 14.0 Å². The van der Waals surface area contributed by atoms with E-state index in [4.69, 9.17) is 5.73 Å². The number of likely N-dealkylation sites (N-methyl/N-ethyl adjacent to an activating group) is 1. The Morgan fingerprint density at radius 2 is 1.92 bits per heavy atom. The van der Waals surface area contributed by atoms with Crippen LogP contribution in [0, 0.1) is 0 Å². The second-order valence-corrected chi connectivity index (χ2v) is 4.04. The van der Waals surface area contributed by atoms with E-state index in [9.17, 15) is 4.79 Å². The highest BCUT2D eigenvalue weighted by Gasteiger charge is 2.36. The molecule has 0 aromatic rings. The van der Waals surface area contributed by atoms with Crippen LogP contribution in [0.1, 0.15) is 39.0 Å². The summed E-state index contributed by atoms with van der Waals surface area (Å²) in [6, 6.07) is 0. The summed E-state index contributed by atoms with van der Waals surface area (Å²) in [4.78, 5) is 13.6. The first-order valence-electron chi connectivity index (χ1n) is 5.14. The fourth-order valence-corrected chi connectivity index (χ4v) is 1.92. The molecule has 0 spiro atoms. The molecular weight excluding hydrogens is 164 g/mol. The van der Waals surface area contributed by atoms with E-state index in [0.29, 0.717) is 0 Å². The van der Waals surface area contributed by atoms with Crippen molar-refractivity contribution in [3.8, 4) is 0 Å². The summed E-state index contributed by atoms with van der Waals surface area (Å²) in [5.41, 5.74) is 5.54. The standard InChI is InChI=1S/C10H20N2O/c1-3-12(2)9(13)10(11)7-5-4-6-8-10/h3-8,11H2,1-2H3. The molecule has 3 heteroatoms. The van der Waals surface area contributed by atoms with Crippen LogP contribution in [0.4, 0.5) is 0 Å². The van der Waals surface area contributed by atoms with Crippen LogP contribution in [0.3, 0.4) is 0 Å². The van der Waals surface area contributed by atoms with Gasteiger partial charge in [0.15, 0.2) is 0 Å². The highest BCUT2D eigenvalue weighted by Crippen LogP contribution is 2.27. The number of carbonyl (C=O) groups is 1. The third-order valence-electron chi connectivity index (χ3n) is 2.99. The van der Waals surface area contributed by atoms with Gasteiger partial charge in [0, 0.05) is 13.6 Å². The summed E-state index contributed by atoms with van der Waals surface area (Å²) in [6.45, 7) is 2.72. The summed E-state index contributed by atoms with van der Waals surface area (Å²) >= 11 is 0. The fraction of sp³-hybridized carbons (Fsp3) is 0.900. The van der Waals surface area contributed by atoms with Crippen LogP contribution in [-0.4, -0.2) is 29.9 Å². The first kappa shape index (κ1) is 10.5. The lowest BCUT2D eigenvalue weighted by molar-refractivity contribution is -0.136. The maximum atomic E-state index is 11.9. The van der Waals surface area contributed by atoms with Crippen molar-refractivity contribution in [3.63, 3.8) is 0 Å². The minimum absolute atomic E-state index is 0.120. The molecule has 0 aliphatic heterocycles. The van der Waals surface area contributed by atoms with Crippen molar-refractivity contribution in [1.29, 1.82) is 0 Å². The Balaban J connectivity index is 2.61. The molecule has 0 bridgehead atoms. The molecule has 1 fully saturated rings. The monoisotopic (exact) mass is 184 g/mol. The van der Waals surface area contributed by atoms with Crippen molar-refractivity contribution in [2.75, 3.05) is 13.6 Å². The minimum Gasteiger partial charge on any atom is -0.344 e. The molecule has 0 radical (unpaired) electrons. The smallest absolute Gasteiger partial charge is 0.242 e. The third-order valence-corrected chi connectivity index (χ3v) is 2.99. The molecule has 0 heterocycles. The van der Waals surface area contributed by atoms with Crippen LogP contribution in [0.25, 0.3) is 0 Å². The van der Waals surface area contributed by atoms with Crippen LogP contribution in [0.5, 0.6) is 0 Å². The number of nitrogens with two attached hydrogens (primary N) is 1. The molecule has 1 aliphatic carbocycles. The molecule has 3 nitrogen and oxygen atoms in total. The van der Waals surface area contributed by atoms with Crippen molar-refractivity contribution in [2.45, 2.75) is 44.6 Å². The van der Waals surface area contributed by atoms with Crippen molar-refractivity contribution in [1.82, 2.24) is 4.90 Å². The van der Waals surface area contributed by atoms with Gasteiger partial charge >= 0.3 is 0 Å². The lowest BCUT2D eigenvalue weighted by Crippen LogP contribution is -2.55. The van der Waals surface area contributed by atoms with Gasteiger partial charge in [-0.25, -0.2) is 0 Å². The Labute approximate surface area is 80.3 Å². The molecule has 1 rings (SSSR count). The Morgan fingerprint density at radius 3 is 2.38 bits per heavy atom. The molecule has 2 N–H and O–H groups in total. The molecule has 1 aliphatic rings. The van der Waals surface area contributed by atoms with Gasteiger partial charge < -0.3 is 10.6 Å². The van der Waals surface area contributed by atoms with Crippen LogP contribution in [-0.2, 0) is 4.79 Å². The zero-order valence-electron chi connectivity index (χ0n) is 8.68. The zero-order chi connectivity index (χ0) is 9.90. The average molecular weight is 184 g/mol. The van der Waals surface area contributed by atoms with E-state index in [2.05, 4.69) is 0 Å². The maximum absolute atomic E-state index is 11.9. The number of rotatable bonds is 2. The number of nitrogens with zero attached hydrogens (tertiary/aromatic N) is 1. The lowest BCUT2D eigenvalue weighted by Gasteiger charge is -2.34. The van der Waals surface area contributed by atoms with Crippen LogP contribution < -0.4 is 5.73 Å². The molecule has 0 saturated heterocycles. The fourth-order valence-electron chi connectivity index (χ4n) is 1.92. The first-order chi connectivity index (χ1) is 6.10. The van der Waals surface area contributed by atoms with Crippen LogP contribution >= 0.6 is 0 Å². The Kier molecular flexibility index (Phi) is 3.31.